The summed E-state index contributed by atoms with van der Waals surface area (Å²) in [5.41, 5.74) is 3.11. The minimum absolute atomic E-state index is 0.0831. The average Bonchev–Trinajstić information content (AvgIpc) is 2.99. The molecule has 0 atom stereocenters. The first kappa shape index (κ1) is 14.6. The lowest BCUT2D eigenvalue weighted by Crippen LogP contribution is -1.96. The van der Waals surface area contributed by atoms with E-state index in [-0.39, 0.29) is 11.4 Å². The monoisotopic (exact) mass is 306 g/mol. The van der Waals surface area contributed by atoms with Crippen molar-refractivity contribution in [2.24, 2.45) is 10.2 Å². The highest BCUT2D eigenvalue weighted by Crippen LogP contribution is 2.32. The van der Waals surface area contributed by atoms with Gasteiger partial charge in [0.25, 0.3) is 0 Å². The first-order valence-electron chi connectivity index (χ1n) is 7.00. The second-order valence-electron chi connectivity index (χ2n) is 5.00. The molecule has 0 spiro atoms. The fraction of sp³-hybridized carbons (Fsp3) is 0.0588. The van der Waals surface area contributed by atoms with Gasteiger partial charge in [0.15, 0.2) is 5.69 Å². The van der Waals surface area contributed by atoms with Gasteiger partial charge in [-0.25, -0.2) is 4.79 Å². The van der Waals surface area contributed by atoms with Crippen LogP contribution in [-0.2, 0) is 0 Å². The molecule has 2 N–H and O–H groups in total. The van der Waals surface area contributed by atoms with Crippen LogP contribution in [0.2, 0.25) is 0 Å². The summed E-state index contributed by atoms with van der Waals surface area (Å²) < 4.78 is 0. The molecule has 23 heavy (non-hydrogen) atoms. The van der Waals surface area contributed by atoms with E-state index in [9.17, 15) is 9.90 Å². The number of azo groups is 1. The maximum atomic E-state index is 11.4. The third-order valence-electron chi connectivity index (χ3n) is 3.30. The van der Waals surface area contributed by atoms with E-state index in [2.05, 4.69) is 20.4 Å². The van der Waals surface area contributed by atoms with E-state index in [1.54, 1.807) is 12.1 Å². The van der Waals surface area contributed by atoms with Crippen LogP contribution in [0.15, 0.2) is 64.8 Å². The van der Waals surface area contributed by atoms with Gasteiger partial charge in [-0.05, 0) is 19.1 Å². The standard InChI is InChI=1S/C17H14N4O2/c1-11-7-9-12(10-8-11)14-15(16(17(22)23)21-19-14)20-18-13-5-3-2-4-6-13/h2-10H,1H3,(H,19,21)(H,22,23). The second kappa shape index (κ2) is 6.23. The Balaban J connectivity index is 2.06. The van der Waals surface area contributed by atoms with Gasteiger partial charge in [0.1, 0.15) is 11.4 Å². The molecule has 0 saturated carbocycles. The first-order chi connectivity index (χ1) is 11.1. The number of carbonyl (C=O) groups is 1. The lowest BCUT2D eigenvalue weighted by molar-refractivity contribution is 0.0691. The van der Waals surface area contributed by atoms with Crippen molar-refractivity contribution in [3.63, 3.8) is 0 Å². The molecule has 3 rings (SSSR count). The van der Waals surface area contributed by atoms with Crippen molar-refractivity contribution in [1.29, 1.82) is 0 Å². The molecule has 0 unspecified atom stereocenters. The molecule has 0 amide bonds. The molecule has 0 bridgehead atoms. The van der Waals surface area contributed by atoms with E-state index < -0.39 is 5.97 Å². The number of H-pyrrole nitrogens is 1. The Morgan fingerprint density at radius 3 is 2.39 bits per heavy atom. The Hall–Kier alpha value is -3.28. The lowest BCUT2D eigenvalue weighted by atomic mass is 10.1. The van der Waals surface area contributed by atoms with Gasteiger partial charge in [0.2, 0.25) is 0 Å². The minimum atomic E-state index is -1.13. The summed E-state index contributed by atoms with van der Waals surface area (Å²) in [5, 5.41) is 24.1. The van der Waals surface area contributed by atoms with Crippen molar-refractivity contribution in [3.05, 3.63) is 65.9 Å². The van der Waals surface area contributed by atoms with Crippen LogP contribution in [-0.4, -0.2) is 21.3 Å². The predicted molar refractivity (Wildman–Crippen MR) is 86.3 cm³/mol. The normalized spacial score (nSPS) is 11.0. The lowest BCUT2D eigenvalue weighted by Gasteiger charge is -2.00. The van der Waals surface area contributed by atoms with E-state index in [0.29, 0.717) is 11.4 Å². The Labute approximate surface area is 132 Å². The maximum absolute atomic E-state index is 11.4. The fourth-order valence-corrected chi connectivity index (χ4v) is 2.10. The number of aromatic amines is 1. The second-order valence-corrected chi connectivity index (χ2v) is 5.00. The smallest absolute Gasteiger partial charge is 0.356 e. The molecular weight excluding hydrogens is 292 g/mol. The number of rotatable bonds is 4. The summed E-state index contributed by atoms with van der Waals surface area (Å²) in [5.74, 6) is -1.13. The number of benzene rings is 2. The number of nitrogens with zero attached hydrogens (tertiary/aromatic N) is 3. The van der Waals surface area contributed by atoms with E-state index >= 15 is 0 Å². The van der Waals surface area contributed by atoms with Crippen LogP contribution in [0.4, 0.5) is 11.4 Å². The van der Waals surface area contributed by atoms with Gasteiger partial charge in [-0.3, -0.25) is 5.10 Å². The molecule has 0 aliphatic rings. The van der Waals surface area contributed by atoms with Crippen LogP contribution in [0.1, 0.15) is 16.1 Å². The molecule has 3 aromatic rings. The van der Waals surface area contributed by atoms with E-state index in [4.69, 9.17) is 0 Å². The van der Waals surface area contributed by atoms with Gasteiger partial charge < -0.3 is 5.11 Å². The molecule has 1 aromatic heterocycles. The third kappa shape index (κ3) is 3.16. The van der Waals surface area contributed by atoms with Gasteiger partial charge in [0.05, 0.1) is 5.69 Å². The van der Waals surface area contributed by atoms with Crippen LogP contribution in [0, 0.1) is 6.92 Å². The average molecular weight is 306 g/mol. The summed E-state index contributed by atoms with van der Waals surface area (Å²) >= 11 is 0. The quantitative estimate of drug-likeness (QED) is 0.695. The predicted octanol–water partition coefficient (Wildman–Crippen LogP) is 4.50. The van der Waals surface area contributed by atoms with Crippen molar-refractivity contribution in [1.82, 2.24) is 10.2 Å². The van der Waals surface area contributed by atoms with Crippen LogP contribution in [0.5, 0.6) is 0 Å². The van der Waals surface area contributed by atoms with Gasteiger partial charge in [0, 0.05) is 5.56 Å². The topological polar surface area (TPSA) is 90.7 Å². The summed E-state index contributed by atoms with van der Waals surface area (Å²) in [6, 6.07) is 16.7. The Morgan fingerprint density at radius 2 is 1.74 bits per heavy atom. The first-order valence-corrected chi connectivity index (χ1v) is 7.00. The molecular formula is C17H14N4O2. The summed E-state index contributed by atoms with van der Waals surface area (Å²) in [6.07, 6.45) is 0. The van der Waals surface area contributed by atoms with Gasteiger partial charge in [-0.1, -0.05) is 48.0 Å². The number of aromatic carboxylic acids is 1. The molecule has 6 nitrogen and oxygen atoms in total. The summed E-state index contributed by atoms with van der Waals surface area (Å²) in [7, 11) is 0. The Bertz CT molecular complexity index is 852. The molecule has 0 aliphatic carbocycles. The molecule has 0 saturated heterocycles. The van der Waals surface area contributed by atoms with Crippen molar-refractivity contribution in [3.8, 4) is 11.3 Å². The van der Waals surface area contributed by atoms with Crippen molar-refractivity contribution in [2.45, 2.75) is 6.92 Å². The SMILES string of the molecule is Cc1ccc(-c2n[nH]c(C(=O)O)c2N=Nc2ccccc2)cc1. The largest absolute Gasteiger partial charge is 0.476 e. The molecule has 114 valence electrons. The zero-order chi connectivity index (χ0) is 16.2. The van der Waals surface area contributed by atoms with Crippen molar-refractivity contribution in [2.75, 3.05) is 0 Å². The molecule has 0 aliphatic heterocycles. The Morgan fingerprint density at radius 1 is 1.04 bits per heavy atom. The minimum Gasteiger partial charge on any atom is -0.476 e. The van der Waals surface area contributed by atoms with Crippen LogP contribution >= 0.6 is 0 Å². The molecule has 0 fully saturated rings. The number of aromatic nitrogens is 2. The maximum Gasteiger partial charge on any atom is 0.356 e. The number of aryl methyl sites for hydroxylation is 1. The number of hydrogen-bond donors (Lipinski definition) is 2. The van der Waals surface area contributed by atoms with Crippen molar-refractivity contribution >= 4 is 17.3 Å². The molecule has 1 heterocycles. The number of nitrogens with one attached hydrogen (secondary N) is 1. The van der Waals surface area contributed by atoms with Crippen LogP contribution < -0.4 is 0 Å². The van der Waals surface area contributed by atoms with Gasteiger partial charge in [-0.2, -0.15) is 10.2 Å². The van der Waals surface area contributed by atoms with E-state index in [1.807, 2.05) is 49.4 Å². The van der Waals surface area contributed by atoms with E-state index in [0.717, 1.165) is 11.1 Å². The molecule has 6 heteroatoms. The highest BCUT2D eigenvalue weighted by atomic mass is 16.4. The van der Waals surface area contributed by atoms with Gasteiger partial charge >= 0.3 is 5.97 Å². The highest BCUT2D eigenvalue weighted by molar-refractivity contribution is 5.95. The van der Waals surface area contributed by atoms with Crippen LogP contribution in [0.25, 0.3) is 11.3 Å². The Kier molecular flexibility index (Phi) is 3.97. The number of carboxylic acids is 1. The fourth-order valence-electron chi connectivity index (χ4n) is 2.10. The van der Waals surface area contributed by atoms with E-state index in [1.165, 1.54) is 0 Å². The highest BCUT2D eigenvalue weighted by Gasteiger charge is 2.19. The molecule has 0 radical (unpaired) electrons. The van der Waals surface area contributed by atoms with Crippen molar-refractivity contribution < 1.29 is 9.90 Å². The number of carboxylic acid groups (broad SMARTS) is 1. The molecule has 2 aromatic carbocycles. The zero-order valence-corrected chi connectivity index (χ0v) is 12.4. The van der Waals surface area contributed by atoms with Crippen LogP contribution in [0.3, 0.4) is 0 Å². The summed E-state index contributed by atoms with van der Waals surface area (Å²) in [6.45, 7) is 1.98. The van der Waals surface area contributed by atoms with Gasteiger partial charge in [-0.15, -0.1) is 5.11 Å². The summed E-state index contributed by atoms with van der Waals surface area (Å²) in [4.78, 5) is 11.4. The third-order valence-corrected chi connectivity index (χ3v) is 3.30. The number of hydrogen-bond acceptors (Lipinski definition) is 4. The zero-order valence-electron chi connectivity index (χ0n) is 12.4.